The number of hydrogen-bond donors (Lipinski definition) is 1. The van der Waals surface area contributed by atoms with Crippen molar-refractivity contribution >= 4 is 34.9 Å². The number of aryl methyl sites for hydroxylation is 1. The highest BCUT2D eigenvalue weighted by Crippen LogP contribution is 2.52. The molecular formula is C25H22ClF3N2O3. The lowest BCUT2D eigenvalue weighted by atomic mass is 9.72. The molecule has 2 aliphatic rings. The number of ketones is 1. The lowest BCUT2D eigenvalue weighted by molar-refractivity contribution is -0.186. The zero-order valence-corrected chi connectivity index (χ0v) is 19.5. The van der Waals surface area contributed by atoms with Crippen LogP contribution in [0.4, 0.5) is 18.9 Å². The topological polar surface area (TPSA) is 66.5 Å². The van der Waals surface area contributed by atoms with Crippen LogP contribution in [0.2, 0.25) is 5.02 Å². The molecule has 2 aromatic rings. The molecule has 0 bridgehead atoms. The van der Waals surface area contributed by atoms with Gasteiger partial charge in [0.05, 0.1) is 5.57 Å². The second-order valence-corrected chi connectivity index (χ2v) is 9.89. The number of Topliss-reactive ketones (excluding diaryl/α,β-unsaturated/α-hetero) is 1. The fourth-order valence-electron chi connectivity index (χ4n) is 4.59. The average molecular weight is 491 g/mol. The van der Waals surface area contributed by atoms with Gasteiger partial charge in [0.1, 0.15) is 0 Å². The van der Waals surface area contributed by atoms with E-state index in [0.717, 1.165) is 10.5 Å². The van der Waals surface area contributed by atoms with Gasteiger partial charge in [-0.1, -0.05) is 49.2 Å². The van der Waals surface area contributed by atoms with Gasteiger partial charge in [-0.15, -0.1) is 0 Å². The van der Waals surface area contributed by atoms with Gasteiger partial charge in [0.25, 0.3) is 11.8 Å². The van der Waals surface area contributed by atoms with E-state index in [2.05, 4.69) is 0 Å². The summed E-state index contributed by atoms with van der Waals surface area (Å²) in [7, 11) is 0. The maximum Gasteiger partial charge on any atom is 0.425 e. The molecule has 34 heavy (non-hydrogen) atoms. The molecule has 2 amide bonds. The summed E-state index contributed by atoms with van der Waals surface area (Å²) in [5.41, 5.74) is -4.07. The van der Waals surface area contributed by atoms with Crippen LogP contribution in [0.1, 0.15) is 42.6 Å². The highest BCUT2D eigenvalue weighted by atomic mass is 35.5. The van der Waals surface area contributed by atoms with Crippen LogP contribution < -0.4 is 10.2 Å². The monoisotopic (exact) mass is 490 g/mol. The van der Waals surface area contributed by atoms with E-state index in [1.165, 1.54) is 36.4 Å². The fourth-order valence-corrected chi connectivity index (χ4v) is 4.78. The highest BCUT2D eigenvalue weighted by Gasteiger charge is 2.72. The Kier molecular flexibility index (Phi) is 5.63. The number of amides is 2. The maximum atomic E-state index is 14.8. The first-order valence-electron chi connectivity index (χ1n) is 10.6. The predicted octanol–water partition coefficient (Wildman–Crippen LogP) is 5.37. The molecule has 1 unspecified atom stereocenters. The van der Waals surface area contributed by atoms with Gasteiger partial charge < -0.3 is 5.32 Å². The molecule has 5 nitrogen and oxygen atoms in total. The number of nitrogens with zero attached hydrogens (tertiary/aromatic N) is 1. The molecule has 1 heterocycles. The van der Waals surface area contributed by atoms with Crippen LogP contribution in [0.25, 0.3) is 0 Å². The number of carbonyl (C=O) groups is 3. The Hall–Kier alpha value is -3.13. The van der Waals surface area contributed by atoms with Gasteiger partial charge in [0.2, 0.25) is 5.54 Å². The van der Waals surface area contributed by atoms with Crippen LogP contribution in [0.15, 0.2) is 59.8 Å². The van der Waals surface area contributed by atoms with E-state index in [4.69, 9.17) is 11.6 Å². The zero-order chi connectivity index (χ0) is 25.1. The Bertz CT molecular complexity index is 1230. The number of nitrogens with one attached hydrogen (secondary N) is 1. The first-order chi connectivity index (χ1) is 15.8. The van der Waals surface area contributed by atoms with Gasteiger partial charge >= 0.3 is 6.18 Å². The first-order valence-corrected chi connectivity index (χ1v) is 11.0. The second-order valence-electron chi connectivity index (χ2n) is 9.45. The number of alkyl halides is 3. The summed E-state index contributed by atoms with van der Waals surface area (Å²) in [4.78, 5) is 40.8. The van der Waals surface area contributed by atoms with Crippen molar-refractivity contribution in [2.75, 3.05) is 4.90 Å². The highest BCUT2D eigenvalue weighted by molar-refractivity contribution is 6.31. The van der Waals surface area contributed by atoms with Crippen LogP contribution in [0.3, 0.4) is 0 Å². The van der Waals surface area contributed by atoms with E-state index < -0.39 is 40.3 Å². The number of carbonyl (C=O) groups excluding carboxylic acids is 3. The Balaban J connectivity index is 1.94. The molecular weight excluding hydrogens is 469 g/mol. The first kappa shape index (κ1) is 24.0. The van der Waals surface area contributed by atoms with Crippen molar-refractivity contribution in [3.63, 3.8) is 0 Å². The number of anilines is 1. The van der Waals surface area contributed by atoms with Crippen molar-refractivity contribution in [1.82, 2.24) is 5.32 Å². The number of allylic oxidation sites excluding steroid dienone is 1. The van der Waals surface area contributed by atoms with E-state index in [1.807, 2.05) is 5.32 Å². The SMILES string of the molecule is Cc1ccc(N2C(=O)C(NC(=O)c3cccc(Cl)c3)(C(F)(F)F)C3=C2CC(C)(C)CC3=O)cc1. The third kappa shape index (κ3) is 3.79. The minimum absolute atomic E-state index is 0.0428. The van der Waals surface area contributed by atoms with Crippen molar-refractivity contribution < 1.29 is 27.6 Å². The molecule has 0 aromatic heterocycles. The van der Waals surface area contributed by atoms with Gasteiger partial charge in [-0.25, -0.2) is 0 Å². The Morgan fingerprint density at radius 1 is 1.06 bits per heavy atom. The van der Waals surface area contributed by atoms with Crippen molar-refractivity contribution in [2.45, 2.75) is 45.3 Å². The Labute approximate surface area is 199 Å². The van der Waals surface area contributed by atoms with Crippen molar-refractivity contribution in [2.24, 2.45) is 5.41 Å². The molecule has 9 heteroatoms. The van der Waals surface area contributed by atoms with Gasteiger partial charge in [0, 0.05) is 28.4 Å². The van der Waals surface area contributed by atoms with Gasteiger partial charge in [0.15, 0.2) is 5.78 Å². The van der Waals surface area contributed by atoms with Crippen LogP contribution in [-0.4, -0.2) is 29.3 Å². The Morgan fingerprint density at radius 3 is 2.29 bits per heavy atom. The van der Waals surface area contributed by atoms with Crippen molar-refractivity contribution in [1.29, 1.82) is 0 Å². The minimum atomic E-state index is -5.28. The van der Waals surface area contributed by atoms with Crippen molar-refractivity contribution in [3.05, 3.63) is 76.0 Å². The molecule has 0 spiro atoms. The van der Waals surface area contributed by atoms with Crippen molar-refractivity contribution in [3.8, 4) is 0 Å². The summed E-state index contributed by atoms with van der Waals surface area (Å²) in [5.74, 6) is -3.42. The molecule has 1 N–H and O–H groups in total. The standard InChI is InChI=1S/C25H22ClF3N2O3/c1-14-7-9-17(10-8-14)31-18-12-23(2,3)13-19(32)20(18)24(22(31)34,25(27,28)29)30-21(33)15-5-4-6-16(26)11-15/h4-11H,12-13H2,1-3H3,(H,30,33). The average Bonchev–Trinajstić information content (AvgIpc) is 2.96. The lowest BCUT2D eigenvalue weighted by Gasteiger charge is -2.35. The third-order valence-corrected chi connectivity index (χ3v) is 6.36. The molecule has 4 rings (SSSR count). The normalized spacial score (nSPS) is 22.1. The lowest BCUT2D eigenvalue weighted by Crippen LogP contribution is -2.66. The number of halogens is 4. The largest absolute Gasteiger partial charge is 0.425 e. The quantitative estimate of drug-likeness (QED) is 0.629. The van der Waals surface area contributed by atoms with E-state index >= 15 is 0 Å². The molecule has 178 valence electrons. The van der Waals surface area contributed by atoms with E-state index in [0.29, 0.717) is 0 Å². The molecule has 2 aromatic carbocycles. The van der Waals surface area contributed by atoms with Crippen LogP contribution in [0, 0.1) is 12.3 Å². The summed E-state index contributed by atoms with van der Waals surface area (Å²) in [6, 6.07) is 11.7. The third-order valence-electron chi connectivity index (χ3n) is 6.13. The molecule has 0 radical (unpaired) electrons. The molecule has 0 saturated heterocycles. The molecule has 0 fully saturated rings. The summed E-state index contributed by atoms with van der Waals surface area (Å²) in [6.45, 7) is 5.31. The van der Waals surface area contributed by atoms with E-state index in [9.17, 15) is 27.6 Å². The minimum Gasteiger partial charge on any atom is -0.326 e. The second kappa shape index (κ2) is 7.98. The predicted molar refractivity (Wildman–Crippen MR) is 121 cm³/mol. The van der Waals surface area contributed by atoms with E-state index in [1.54, 1.807) is 32.9 Å². The molecule has 1 aliphatic heterocycles. The van der Waals surface area contributed by atoms with Gasteiger partial charge in [-0.3, -0.25) is 19.3 Å². The Morgan fingerprint density at radius 2 is 1.71 bits per heavy atom. The summed E-state index contributed by atoms with van der Waals surface area (Å²) in [5, 5.41) is 2.04. The summed E-state index contributed by atoms with van der Waals surface area (Å²) < 4.78 is 44.5. The number of hydrogen-bond acceptors (Lipinski definition) is 3. The smallest absolute Gasteiger partial charge is 0.326 e. The number of rotatable bonds is 3. The van der Waals surface area contributed by atoms with Gasteiger partial charge in [-0.2, -0.15) is 13.2 Å². The van der Waals surface area contributed by atoms with E-state index in [-0.39, 0.29) is 34.8 Å². The van der Waals surface area contributed by atoms with Gasteiger partial charge in [-0.05, 0) is 49.1 Å². The van der Waals surface area contributed by atoms with Crippen LogP contribution >= 0.6 is 11.6 Å². The van der Waals surface area contributed by atoms with Crippen LogP contribution in [-0.2, 0) is 9.59 Å². The molecule has 1 aliphatic carbocycles. The summed E-state index contributed by atoms with van der Waals surface area (Å²) >= 11 is 5.90. The summed E-state index contributed by atoms with van der Waals surface area (Å²) in [6.07, 6.45) is -5.42. The van der Waals surface area contributed by atoms with Crippen LogP contribution in [0.5, 0.6) is 0 Å². The molecule has 1 atom stereocenters. The fraction of sp³-hybridized carbons (Fsp3) is 0.320. The molecule has 0 saturated carbocycles. The maximum absolute atomic E-state index is 14.8. The number of benzene rings is 2. The zero-order valence-electron chi connectivity index (χ0n) is 18.7.